The Kier molecular flexibility index (Phi) is 6.31. The normalized spacial score (nSPS) is 26.3. The minimum absolute atomic E-state index is 0.105. The molecule has 3 aromatic rings. The lowest BCUT2D eigenvalue weighted by Gasteiger charge is -2.42. The molecule has 0 unspecified atom stereocenters. The number of para-hydroxylation sites is 1. The lowest BCUT2D eigenvalue weighted by Crippen LogP contribution is -2.56. The highest BCUT2D eigenvalue weighted by atomic mass is 28.4. The molecule has 8 heteroatoms. The third-order valence-electron chi connectivity index (χ3n) is 8.34. The van der Waals surface area contributed by atoms with Gasteiger partial charge in [0.05, 0.1) is 5.69 Å². The second-order valence-corrected chi connectivity index (χ2v) is 16.8. The van der Waals surface area contributed by atoms with E-state index in [0.29, 0.717) is 33.5 Å². The fourth-order valence-electron chi connectivity index (χ4n) is 6.60. The standard InChI is InChI=1S/C36H29NO6Si/c1-35(43-44(2,3)4)20-12-6-5-7-17-30-33-36(35,42-33)28-15-10-11-16-29(28)37(30)34(40)41-22-23-18-19-26-27(21-23)32(39)25-14-9-8-13-24(25)31(26)38/h5-6,8-11,13-16,18-19,21,30,33H,22H2,1-4H3/b6-5-/t30-,33-,35+,36+/m1/s1. The molecule has 7 rings (SSSR count). The lowest BCUT2D eigenvalue weighted by molar-refractivity contribution is 0.0429. The van der Waals surface area contributed by atoms with E-state index in [1.165, 1.54) is 0 Å². The van der Waals surface area contributed by atoms with Crippen molar-refractivity contribution in [3.05, 3.63) is 112 Å². The number of fused-ring (bicyclic) bond motifs is 3. The van der Waals surface area contributed by atoms with Crippen LogP contribution in [0.2, 0.25) is 19.6 Å². The molecular weight excluding hydrogens is 570 g/mol. The number of nitrogens with zero attached hydrogens (tertiary/aromatic N) is 1. The molecule has 0 saturated carbocycles. The first-order valence-electron chi connectivity index (χ1n) is 14.5. The summed E-state index contributed by atoms with van der Waals surface area (Å²) in [5, 5.41) is 0. The first-order valence-corrected chi connectivity index (χ1v) is 17.9. The molecule has 1 amide bonds. The number of benzene rings is 3. The molecule has 7 nitrogen and oxygen atoms in total. The average Bonchev–Trinajstić information content (AvgIpc) is 3.77. The molecule has 2 aliphatic carbocycles. The SMILES string of the molecule is C[C@]1(O[Si](C)(C)C)C#C/C=C\C#C[C@@H]2[C@H]3O[C@@]31c1ccccc1N2C(=O)OCc1ccc2c(c1)C(=O)c1ccccc1C2=O. The van der Waals surface area contributed by atoms with Crippen molar-refractivity contribution in [1.82, 2.24) is 0 Å². The van der Waals surface area contributed by atoms with Crippen LogP contribution in [0.5, 0.6) is 0 Å². The molecule has 2 bridgehead atoms. The molecule has 4 aliphatic rings. The van der Waals surface area contributed by atoms with Crippen LogP contribution in [0.25, 0.3) is 0 Å². The summed E-state index contributed by atoms with van der Waals surface area (Å²) in [6, 6.07) is 18.7. The topological polar surface area (TPSA) is 85.4 Å². The van der Waals surface area contributed by atoms with E-state index in [-0.39, 0.29) is 18.2 Å². The molecule has 0 spiro atoms. The van der Waals surface area contributed by atoms with Crippen molar-refractivity contribution in [3.8, 4) is 23.7 Å². The molecule has 2 heterocycles. The van der Waals surface area contributed by atoms with Crippen LogP contribution in [0.3, 0.4) is 0 Å². The van der Waals surface area contributed by atoms with Gasteiger partial charge in [-0.25, -0.2) is 4.79 Å². The third kappa shape index (κ3) is 4.26. The van der Waals surface area contributed by atoms with Crippen molar-refractivity contribution in [1.29, 1.82) is 0 Å². The zero-order chi connectivity index (χ0) is 30.9. The Morgan fingerprint density at radius 2 is 1.57 bits per heavy atom. The van der Waals surface area contributed by atoms with Crippen LogP contribution in [0.4, 0.5) is 10.5 Å². The van der Waals surface area contributed by atoms with Gasteiger partial charge in [0.15, 0.2) is 31.1 Å². The zero-order valence-electron chi connectivity index (χ0n) is 24.8. The molecule has 0 aromatic heterocycles. The summed E-state index contributed by atoms with van der Waals surface area (Å²) < 4.78 is 19.2. The first kappa shape index (κ1) is 28.1. The maximum absolute atomic E-state index is 13.9. The van der Waals surface area contributed by atoms with E-state index in [0.717, 1.165) is 5.56 Å². The highest BCUT2D eigenvalue weighted by molar-refractivity contribution is 6.69. The van der Waals surface area contributed by atoms with Crippen molar-refractivity contribution in [2.24, 2.45) is 0 Å². The van der Waals surface area contributed by atoms with E-state index >= 15 is 0 Å². The van der Waals surface area contributed by atoms with E-state index in [4.69, 9.17) is 13.9 Å². The van der Waals surface area contributed by atoms with Gasteiger partial charge in [0.1, 0.15) is 18.8 Å². The number of allylic oxidation sites excluding steroid dienone is 2. The van der Waals surface area contributed by atoms with Crippen molar-refractivity contribution in [3.63, 3.8) is 0 Å². The molecule has 0 radical (unpaired) electrons. The smallest absolute Gasteiger partial charge is 0.415 e. The summed E-state index contributed by atoms with van der Waals surface area (Å²) in [6.07, 6.45) is 2.24. The molecule has 0 N–H and O–H groups in total. The molecule has 1 saturated heterocycles. The van der Waals surface area contributed by atoms with Crippen molar-refractivity contribution in [2.75, 3.05) is 4.90 Å². The number of rotatable bonds is 4. The number of ether oxygens (including phenoxy) is 2. The number of ketones is 2. The van der Waals surface area contributed by atoms with Crippen LogP contribution in [0.1, 0.15) is 49.9 Å². The molecule has 2 aliphatic heterocycles. The Morgan fingerprint density at radius 3 is 2.32 bits per heavy atom. The van der Waals surface area contributed by atoms with Crippen LogP contribution in [-0.2, 0) is 26.1 Å². The number of hydrogen-bond acceptors (Lipinski definition) is 6. The van der Waals surface area contributed by atoms with Crippen LogP contribution < -0.4 is 4.90 Å². The number of carbonyl (C=O) groups excluding carboxylic acids is 3. The average molecular weight is 600 g/mol. The summed E-state index contributed by atoms with van der Waals surface area (Å²) >= 11 is 0. The number of epoxide rings is 1. The van der Waals surface area contributed by atoms with Gasteiger partial charge in [0, 0.05) is 27.8 Å². The second kappa shape index (κ2) is 9.90. The van der Waals surface area contributed by atoms with E-state index in [9.17, 15) is 14.4 Å². The van der Waals surface area contributed by atoms with E-state index in [1.54, 1.807) is 59.5 Å². The monoisotopic (exact) mass is 599 g/mol. The number of amides is 1. The zero-order valence-corrected chi connectivity index (χ0v) is 25.8. The van der Waals surface area contributed by atoms with Gasteiger partial charge >= 0.3 is 6.09 Å². The van der Waals surface area contributed by atoms with Crippen molar-refractivity contribution in [2.45, 2.75) is 56.5 Å². The Hall–Kier alpha value is -4.73. The first-order chi connectivity index (χ1) is 21.0. The van der Waals surface area contributed by atoms with Gasteiger partial charge in [-0.3, -0.25) is 14.5 Å². The van der Waals surface area contributed by atoms with E-state index in [2.05, 4.69) is 43.3 Å². The Labute approximate surface area is 256 Å². The van der Waals surface area contributed by atoms with Gasteiger partial charge in [-0.15, -0.1) is 0 Å². The van der Waals surface area contributed by atoms with Crippen LogP contribution in [-0.4, -0.2) is 43.7 Å². The number of carbonyl (C=O) groups is 3. The Balaban J connectivity index is 1.22. The Morgan fingerprint density at radius 1 is 0.909 bits per heavy atom. The molecule has 44 heavy (non-hydrogen) atoms. The van der Waals surface area contributed by atoms with Crippen molar-refractivity contribution < 1.29 is 28.3 Å². The van der Waals surface area contributed by atoms with Gasteiger partial charge in [0.2, 0.25) is 0 Å². The maximum Gasteiger partial charge on any atom is 0.415 e. The van der Waals surface area contributed by atoms with E-state index in [1.807, 2.05) is 31.2 Å². The van der Waals surface area contributed by atoms with E-state index < -0.39 is 37.8 Å². The fraction of sp³-hybridized carbons (Fsp3) is 0.250. The highest BCUT2D eigenvalue weighted by Crippen LogP contribution is 2.63. The van der Waals surface area contributed by atoms with Gasteiger partial charge in [-0.05, 0) is 62.5 Å². The summed E-state index contributed by atoms with van der Waals surface area (Å²) in [6.45, 7) is 8.19. The number of anilines is 1. The fourth-order valence-corrected chi connectivity index (χ4v) is 8.03. The van der Waals surface area contributed by atoms with Gasteiger partial charge < -0.3 is 13.9 Å². The minimum Gasteiger partial charge on any atom is -0.444 e. The summed E-state index contributed by atoms with van der Waals surface area (Å²) in [4.78, 5) is 41.7. The molecule has 3 aromatic carbocycles. The van der Waals surface area contributed by atoms with Crippen molar-refractivity contribution >= 4 is 31.7 Å². The summed E-state index contributed by atoms with van der Waals surface area (Å²) in [5.41, 5.74) is 1.50. The summed E-state index contributed by atoms with van der Waals surface area (Å²) in [7, 11) is -2.10. The van der Waals surface area contributed by atoms with Crippen LogP contribution in [0.15, 0.2) is 78.9 Å². The lowest BCUT2D eigenvalue weighted by atomic mass is 9.75. The second-order valence-electron chi connectivity index (χ2n) is 12.4. The van der Waals surface area contributed by atoms with Gasteiger partial charge in [-0.2, -0.15) is 0 Å². The van der Waals surface area contributed by atoms with Gasteiger partial charge in [-0.1, -0.05) is 72.2 Å². The van der Waals surface area contributed by atoms with Gasteiger partial charge in [0.25, 0.3) is 0 Å². The highest BCUT2D eigenvalue weighted by Gasteiger charge is 2.75. The molecule has 4 atom stereocenters. The predicted molar refractivity (Wildman–Crippen MR) is 167 cm³/mol. The third-order valence-corrected chi connectivity index (χ3v) is 9.37. The minimum atomic E-state index is -2.10. The van der Waals surface area contributed by atoms with Crippen LogP contribution >= 0.6 is 0 Å². The number of hydrogen-bond donors (Lipinski definition) is 0. The molecule has 218 valence electrons. The van der Waals surface area contributed by atoms with Crippen LogP contribution in [0, 0.1) is 23.7 Å². The summed E-state index contributed by atoms with van der Waals surface area (Å²) in [5.74, 6) is 12.2. The predicted octanol–water partition coefficient (Wildman–Crippen LogP) is 5.77. The maximum atomic E-state index is 13.9. The molecular formula is C36H29NO6Si. The Bertz CT molecular complexity index is 1930. The molecule has 1 fully saturated rings. The largest absolute Gasteiger partial charge is 0.444 e. The quantitative estimate of drug-likeness (QED) is 0.168.